The van der Waals surface area contributed by atoms with Crippen molar-refractivity contribution in [3.8, 4) is 11.5 Å². The molecule has 0 radical (unpaired) electrons. The molecule has 2 heterocycles. The molecule has 6 rings (SSSR count). The first-order valence-electron chi connectivity index (χ1n) is 17.7. The minimum atomic E-state index is -4.65. The van der Waals surface area contributed by atoms with Crippen molar-refractivity contribution in [1.29, 1.82) is 0 Å². The summed E-state index contributed by atoms with van der Waals surface area (Å²) in [6.07, 6.45) is -0.825. The van der Waals surface area contributed by atoms with Crippen LogP contribution in [0.3, 0.4) is 0 Å². The van der Waals surface area contributed by atoms with Gasteiger partial charge in [-0.3, -0.25) is 14.9 Å². The zero-order chi connectivity index (χ0) is 39.4. The number of hydroxylamine groups is 1. The van der Waals surface area contributed by atoms with Crippen molar-refractivity contribution in [2.24, 2.45) is 0 Å². The number of hydrogen-bond acceptors (Lipinski definition) is 10. The molecule has 294 valence electrons. The molecule has 13 nitrogen and oxygen atoms in total. The molecule has 2 aliphatic heterocycles. The minimum absolute atomic E-state index is 0.0692. The molecule has 0 bridgehead atoms. The Morgan fingerprint density at radius 2 is 1.45 bits per heavy atom. The van der Waals surface area contributed by atoms with Crippen molar-refractivity contribution in [2.45, 2.75) is 23.9 Å². The second-order valence-electron chi connectivity index (χ2n) is 12.8. The number of methoxy groups -OCH3 is 1. The summed E-state index contributed by atoms with van der Waals surface area (Å²) in [6.45, 7) is 5.18. The second kappa shape index (κ2) is 19.6. The van der Waals surface area contributed by atoms with E-state index in [4.69, 9.17) is 19.4 Å². The summed E-state index contributed by atoms with van der Waals surface area (Å²) >= 11 is 0. The molecule has 3 N–H and O–H groups in total. The highest BCUT2D eigenvalue weighted by atomic mass is 32.2. The Kier molecular flexibility index (Phi) is 14.7. The number of sulfonamides is 1. The van der Waals surface area contributed by atoms with Crippen LogP contribution in [-0.2, 0) is 24.3 Å². The number of nitrogens with zero attached hydrogens (tertiary/aromatic N) is 3. The maximum atomic E-state index is 14.8. The number of aryl methyl sites for hydroxylation is 1. The molecule has 2 amide bonds. The molecule has 55 heavy (non-hydrogen) atoms. The first-order chi connectivity index (χ1) is 26.5. The topological polar surface area (TPSA) is 150 Å². The lowest BCUT2D eigenvalue weighted by atomic mass is 9.96. The highest BCUT2D eigenvalue weighted by Crippen LogP contribution is 2.32. The normalized spacial score (nSPS) is 16.5. The average molecular weight is 782 g/mol. The van der Waals surface area contributed by atoms with E-state index in [2.05, 4.69) is 70.9 Å². The highest BCUT2D eigenvalue weighted by Gasteiger charge is 2.42. The molecular weight excluding hydrogens is 737 g/mol. The van der Waals surface area contributed by atoms with Crippen molar-refractivity contribution in [3.05, 3.63) is 125 Å². The van der Waals surface area contributed by atoms with Gasteiger partial charge in [-0.15, -0.1) is 0 Å². The lowest BCUT2D eigenvalue weighted by Gasteiger charge is -2.38. The van der Waals surface area contributed by atoms with Gasteiger partial charge in [-0.1, -0.05) is 78.4 Å². The highest BCUT2D eigenvalue weighted by molar-refractivity contribution is 7.89. The van der Waals surface area contributed by atoms with Crippen molar-refractivity contribution in [3.63, 3.8) is 0 Å². The third-order valence-corrected chi connectivity index (χ3v) is 11.0. The van der Waals surface area contributed by atoms with Gasteiger partial charge in [0.25, 0.3) is 5.91 Å². The number of ether oxygens (including phenoxy) is 3. The molecule has 1 atom stereocenters. The summed E-state index contributed by atoms with van der Waals surface area (Å²) in [4.78, 5) is 27.4. The van der Waals surface area contributed by atoms with Crippen LogP contribution in [0.5, 0.6) is 11.5 Å². The van der Waals surface area contributed by atoms with Crippen LogP contribution in [0.4, 0.5) is 13.6 Å². The van der Waals surface area contributed by atoms with E-state index < -0.39 is 63.4 Å². The van der Waals surface area contributed by atoms with Crippen molar-refractivity contribution in [2.75, 3.05) is 66.1 Å². The summed E-state index contributed by atoms with van der Waals surface area (Å²) in [5.41, 5.74) is 5.02. The van der Waals surface area contributed by atoms with Crippen LogP contribution in [0.25, 0.3) is 0 Å². The number of carbonyl (C=O) groups excluding carboxylic acids is 2. The molecule has 0 saturated carbocycles. The molecule has 4 aromatic carbocycles. The number of rotatable bonds is 11. The van der Waals surface area contributed by atoms with Crippen LogP contribution in [-0.4, -0.2) is 112 Å². The zero-order valence-corrected chi connectivity index (χ0v) is 31.4. The fraction of sp³-hybridized carbons (Fsp3) is 0.333. The Morgan fingerprint density at radius 3 is 2.00 bits per heavy atom. The van der Waals surface area contributed by atoms with E-state index in [1.807, 2.05) is 6.92 Å². The van der Waals surface area contributed by atoms with Crippen LogP contribution in [0, 0.1) is 18.6 Å². The predicted octanol–water partition coefficient (Wildman–Crippen LogP) is 4.71. The van der Waals surface area contributed by atoms with E-state index in [0.717, 1.165) is 36.6 Å². The van der Waals surface area contributed by atoms with Crippen LogP contribution in [0.2, 0.25) is 0 Å². The van der Waals surface area contributed by atoms with E-state index in [-0.39, 0.29) is 25.5 Å². The van der Waals surface area contributed by atoms with E-state index >= 15 is 0 Å². The first-order valence-corrected chi connectivity index (χ1v) is 19.1. The number of nitrogens with one attached hydrogen (secondary N) is 2. The quantitative estimate of drug-likeness (QED) is 0.111. The molecule has 4 aromatic rings. The van der Waals surface area contributed by atoms with Crippen LogP contribution in [0.1, 0.15) is 22.7 Å². The molecule has 0 spiro atoms. The smallest absolute Gasteiger partial charge is 0.409 e. The Bertz CT molecular complexity index is 1910. The number of amides is 2. The van der Waals surface area contributed by atoms with Gasteiger partial charge in [0.05, 0.1) is 17.5 Å². The number of benzene rings is 4. The lowest BCUT2D eigenvalue weighted by Crippen LogP contribution is -2.61. The average Bonchev–Trinajstić information content (AvgIpc) is 3.21. The van der Waals surface area contributed by atoms with E-state index in [1.54, 1.807) is 12.1 Å². The number of halogens is 2. The predicted molar refractivity (Wildman–Crippen MR) is 199 cm³/mol. The van der Waals surface area contributed by atoms with Gasteiger partial charge in [0, 0.05) is 52.9 Å². The van der Waals surface area contributed by atoms with Crippen LogP contribution < -0.4 is 15.5 Å². The largest absolute Gasteiger partial charge is 0.451 e. The number of piperazine rings is 2. The Balaban J connectivity index is 0.000000254. The molecule has 2 saturated heterocycles. The van der Waals surface area contributed by atoms with Gasteiger partial charge in [-0.25, -0.2) is 27.5 Å². The van der Waals surface area contributed by atoms with E-state index in [1.165, 1.54) is 35.8 Å². The minimum Gasteiger partial charge on any atom is -0.451 e. The van der Waals surface area contributed by atoms with E-state index in [9.17, 15) is 26.8 Å². The monoisotopic (exact) mass is 781 g/mol. The molecule has 0 unspecified atom stereocenters. The summed E-state index contributed by atoms with van der Waals surface area (Å²) in [5, 5.41) is 12.5. The maximum Gasteiger partial charge on any atom is 0.409 e. The van der Waals surface area contributed by atoms with Gasteiger partial charge in [0.1, 0.15) is 18.4 Å². The van der Waals surface area contributed by atoms with Crippen molar-refractivity contribution in [1.82, 2.24) is 24.9 Å². The number of hydrogen-bond donors (Lipinski definition) is 3. The standard InChI is InChI=1S/C22H25F2N3O8S.C17H20N2/c1-14-3-5-15(6-4-14)35-20-17(23)11-16(12-18(20)24)36(31,32)27-8-7-26(13-19(27)21(28)25-30)22(29)34-10-9-33-2;1-3-7-15(8-4-1)17(16-9-5-2-6-10-16)19-13-11-18-12-14-19/h3-6,11-12,19,30H,7-10,13H2,1-2H3,(H,25,28);1-10,17-18H,11-14H2/t19-;/m0./s1. The van der Waals surface area contributed by atoms with Gasteiger partial charge >= 0.3 is 6.09 Å². The molecule has 2 fully saturated rings. The summed E-state index contributed by atoms with van der Waals surface area (Å²) in [5.74, 6) is -4.36. The second-order valence-corrected chi connectivity index (χ2v) is 14.7. The lowest BCUT2D eigenvalue weighted by molar-refractivity contribution is -0.134. The van der Waals surface area contributed by atoms with E-state index in [0.29, 0.717) is 22.5 Å². The van der Waals surface area contributed by atoms with Gasteiger partial charge in [-0.2, -0.15) is 4.31 Å². The van der Waals surface area contributed by atoms with Gasteiger partial charge in [-0.05, 0) is 42.3 Å². The Morgan fingerprint density at radius 1 is 0.873 bits per heavy atom. The van der Waals surface area contributed by atoms with Crippen LogP contribution >= 0.6 is 0 Å². The molecule has 0 aromatic heterocycles. The van der Waals surface area contributed by atoms with Crippen LogP contribution in [0.15, 0.2) is 102 Å². The van der Waals surface area contributed by atoms with Gasteiger partial charge < -0.3 is 24.4 Å². The zero-order valence-electron chi connectivity index (χ0n) is 30.6. The molecular formula is C39H45F2N5O8S. The molecule has 0 aliphatic carbocycles. The third kappa shape index (κ3) is 10.6. The summed E-state index contributed by atoms with van der Waals surface area (Å²) in [7, 11) is -3.24. The number of carbonyl (C=O) groups is 2. The van der Waals surface area contributed by atoms with Gasteiger partial charge in [0.15, 0.2) is 17.4 Å². The van der Waals surface area contributed by atoms with Crippen molar-refractivity contribution >= 4 is 22.0 Å². The van der Waals surface area contributed by atoms with Crippen molar-refractivity contribution < 1.29 is 46.2 Å². The first kappa shape index (κ1) is 41.2. The Labute approximate surface area is 319 Å². The fourth-order valence-corrected chi connectivity index (χ4v) is 7.87. The fourth-order valence-electron chi connectivity index (χ4n) is 6.28. The molecule has 2 aliphatic rings. The SMILES string of the molecule is COCCOC(=O)N1CCN(S(=O)(=O)c2cc(F)c(Oc3ccc(C)cc3)c(F)c2)[C@H](C(=O)NO)C1.c1ccc(C(c2ccccc2)N2CCNCC2)cc1. The summed E-state index contributed by atoms with van der Waals surface area (Å²) in [6, 6.07) is 27.9. The summed E-state index contributed by atoms with van der Waals surface area (Å²) < 4.78 is 71.7. The molecule has 16 heteroatoms. The maximum absolute atomic E-state index is 14.8. The van der Waals surface area contributed by atoms with Gasteiger partial charge in [0.2, 0.25) is 10.0 Å². The Hall–Kier alpha value is -4.97. The third-order valence-electron chi connectivity index (χ3n) is 9.08.